The summed E-state index contributed by atoms with van der Waals surface area (Å²) in [5.41, 5.74) is 1.49. The lowest BCUT2D eigenvalue weighted by Gasteiger charge is -2.30. The SMILES string of the molecule is O=C(NC1CCC(n2c(=O)c3cc(F)cnc3n(-c3cccc(-c4ccccc4)c3)c2=O)CC1)C1=C[NH+]2CN(F)C=CC2=N1. The Labute approximate surface area is 249 Å². The van der Waals surface area contributed by atoms with Gasteiger partial charge in [-0.25, -0.2) is 23.6 Å². The fourth-order valence-electron chi connectivity index (χ4n) is 6.16. The van der Waals surface area contributed by atoms with Crippen molar-refractivity contribution in [3.05, 3.63) is 118 Å². The van der Waals surface area contributed by atoms with Crippen molar-refractivity contribution < 1.29 is 18.6 Å². The number of carbonyl (C=O) groups excluding carboxylic acids is 1. The van der Waals surface area contributed by atoms with Crippen LogP contribution in [-0.2, 0) is 4.79 Å². The Bertz CT molecular complexity index is 1990. The number of fused-ring (bicyclic) bond motifs is 2. The Kier molecular flexibility index (Phi) is 6.97. The first kappa shape index (κ1) is 27.6. The summed E-state index contributed by atoms with van der Waals surface area (Å²) in [5, 5.41) is 3.53. The number of carbonyl (C=O) groups is 1. The molecule has 12 heteroatoms. The van der Waals surface area contributed by atoms with Gasteiger partial charge in [-0.1, -0.05) is 46.9 Å². The van der Waals surface area contributed by atoms with Crippen LogP contribution < -0.4 is 21.5 Å². The van der Waals surface area contributed by atoms with Crippen LogP contribution in [0.1, 0.15) is 31.7 Å². The molecular weight excluding hydrogens is 568 g/mol. The van der Waals surface area contributed by atoms with E-state index in [-0.39, 0.29) is 35.3 Å². The fraction of sp³-hybridized carbons (Fsp3) is 0.219. The van der Waals surface area contributed by atoms with Crippen LogP contribution in [0, 0.1) is 5.82 Å². The Morgan fingerprint density at radius 1 is 0.977 bits per heavy atom. The molecule has 4 aromatic rings. The number of quaternary nitrogens is 1. The van der Waals surface area contributed by atoms with Gasteiger partial charge in [0.2, 0.25) is 5.84 Å². The molecule has 0 saturated heterocycles. The topological polar surface area (TPSA) is 106 Å². The second-order valence-electron chi connectivity index (χ2n) is 11.1. The molecule has 1 unspecified atom stereocenters. The standard InChI is InChI=1S/C32H27F2N7O3/c33-22-16-26-29(35-17-22)40(25-8-4-7-21(15-25)20-5-2-1-3-6-20)32(44)41(31(26)43)24-11-9-23(10-12-24)36-30(42)27-18-38-19-39(34)14-13-28(38)37-27/h1-8,13-18,23-24H,9-12,19H2,(H,36,42)/p+1. The first-order chi connectivity index (χ1) is 21.4. The molecule has 1 atom stereocenters. The first-order valence-electron chi connectivity index (χ1n) is 14.4. The highest BCUT2D eigenvalue weighted by Crippen LogP contribution is 2.28. The minimum absolute atomic E-state index is 0.0114. The van der Waals surface area contributed by atoms with Crippen LogP contribution >= 0.6 is 0 Å². The summed E-state index contributed by atoms with van der Waals surface area (Å²) >= 11 is 0. The third-order valence-corrected chi connectivity index (χ3v) is 8.33. The van der Waals surface area contributed by atoms with Crippen molar-refractivity contribution in [2.24, 2.45) is 4.99 Å². The van der Waals surface area contributed by atoms with E-state index in [4.69, 9.17) is 0 Å². The monoisotopic (exact) mass is 596 g/mol. The molecule has 1 aliphatic carbocycles. The summed E-state index contributed by atoms with van der Waals surface area (Å²) in [6.07, 6.45) is 7.31. The number of amides is 1. The number of halogens is 2. The van der Waals surface area contributed by atoms with Crippen LogP contribution in [0.2, 0.25) is 0 Å². The summed E-state index contributed by atoms with van der Waals surface area (Å²) in [5.74, 6) is -0.458. The Balaban J connectivity index is 1.17. The summed E-state index contributed by atoms with van der Waals surface area (Å²) in [7, 11) is 0. The minimum atomic E-state index is -0.673. The van der Waals surface area contributed by atoms with Crippen LogP contribution in [0.5, 0.6) is 0 Å². The maximum Gasteiger partial charge on any atom is 0.337 e. The molecule has 0 radical (unpaired) electrons. The summed E-state index contributed by atoms with van der Waals surface area (Å²) in [6.45, 7) is 0.0330. The smallest absolute Gasteiger partial charge is 0.337 e. The van der Waals surface area contributed by atoms with Gasteiger partial charge in [0.25, 0.3) is 11.5 Å². The van der Waals surface area contributed by atoms with Crippen LogP contribution in [0.4, 0.5) is 8.87 Å². The number of amidine groups is 1. The summed E-state index contributed by atoms with van der Waals surface area (Å²) in [4.78, 5) is 49.8. The van der Waals surface area contributed by atoms with Crippen LogP contribution in [0.15, 0.2) is 106 Å². The van der Waals surface area contributed by atoms with Gasteiger partial charge in [-0.2, -0.15) is 10.1 Å². The molecule has 2 aromatic heterocycles. The third-order valence-electron chi connectivity index (χ3n) is 8.33. The molecule has 44 heavy (non-hydrogen) atoms. The predicted octanol–water partition coefficient (Wildman–Crippen LogP) is 2.76. The van der Waals surface area contributed by atoms with Crippen molar-refractivity contribution in [2.75, 3.05) is 6.67 Å². The van der Waals surface area contributed by atoms with E-state index in [0.29, 0.717) is 47.2 Å². The zero-order valence-electron chi connectivity index (χ0n) is 23.5. The van der Waals surface area contributed by atoms with Crippen LogP contribution in [0.3, 0.4) is 0 Å². The van der Waals surface area contributed by atoms with Gasteiger partial charge in [-0.05, 0) is 55.0 Å². The van der Waals surface area contributed by atoms with Gasteiger partial charge < -0.3 is 5.32 Å². The molecule has 2 aromatic carbocycles. The molecule has 1 saturated carbocycles. The lowest BCUT2D eigenvalue weighted by atomic mass is 9.90. The molecule has 0 spiro atoms. The van der Waals surface area contributed by atoms with Gasteiger partial charge >= 0.3 is 5.69 Å². The highest BCUT2D eigenvalue weighted by Gasteiger charge is 2.32. The Morgan fingerprint density at radius 2 is 1.75 bits per heavy atom. The normalized spacial score (nSPS) is 21.1. The molecule has 1 fully saturated rings. The van der Waals surface area contributed by atoms with Gasteiger partial charge in [-0.3, -0.25) is 14.2 Å². The molecule has 3 aliphatic rings. The number of pyridine rings is 1. The fourth-order valence-corrected chi connectivity index (χ4v) is 6.16. The summed E-state index contributed by atoms with van der Waals surface area (Å²) < 4.78 is 30.5. The highest BCUT2D eigenvalue weighted by molar-refractivity contribution is 5.99. The van der Waals surface area contributed by atoms with E-state index >= 15 is 0 Å². The largest absolute Gasteiger partial charge is 0.348 e. The lowest BCUT2D eigenvalue weighted by molar-refractivity contribution is -0.763. The van der Waals surface area contributed by atoms with E-state index in [9.17, 15) is 23.3 Å². The number of hydrogen-bond acceptors (Lipinski definition) is 6. The second-order valence-corrected chi connectivity index (χ2v) is 11.1. The van der Waals surface area contributed by atoms with E-state index in [1.165, 1.54) is 21.4 Å². The van der Waals surface area contributed by atoms with Crippen molar-refractivity contribution in [2.45, 2.75) is 37.8 Å². The van der Waals surface area contributed by atoms with E-state index in [0.717, 1.165) is 23.4 Å². The first-order valence-corrected chi connectivity index (χ1v) is 14.4. The van der Waals surface area contributed by atoms with Crippen LogP contribution in [0.25, 0.3) is 27.8 Å². The van der Waals surface area contributed by atoms with Crippen molar-refractivity contribution in [3.63, 3.8) is 0 Å². The zero-order chi connectivity index (χ0) is 30.4. The second kappa shape index (κ2) is 11.1. The number of hydrogen-bond donors (Lipinski definition) is 2. The molecule has 4 heterocycles. The van der Waals surface area contributed by atoms with Crippen LogP contribution in [-0.4, -0.2) is 43.7 Å². The van der Waals surface area contributed by atoms with Gasteiger partial charge in [0.05, 0.1) is 17.3 Å². The van der Waals surface area contributed by atoms with E-state index in [1.54, 1.807) is 12.3 Å². The van der Waals surface area contributed by atoms with E-state index in [1.807, 2.05) is 48.5 Å². The number of nitrogens with one attached hydrogen (secondary N) is 2. The number of aromatic nitrogens is 3. The van der Waals surface area contributed by atoms with E-state index < -0.39 is 23.1 Å². The average molecular weight is 597 g/mol. The Hall–Kier alpha value is -5.23. The number of rotatable bonds is 5. The molecule has 0 bridgehead atoms. The van der Waals surface area contributed by atoms with Crippen molar-refractivity contribution in [3.8, 4) is 16.8 Å². The minimum Gasteiger partial charge on any atom is -0.348 e. The number of nitrogens with zero attached hydrogens (tertiary/aromatic N) is 5. The molecule has 2 aliphatic heterocycles. The quantitative estimate of drug-likeness (QED) is 0.345. The number of benzene rings is 2. The molecule has 7 rings (SSSR count). The summed E-state index contributed by atoms with van der Waals surface area (Å²) in [6, 6.07) is 17.5. The van der Waals surface area contributed by atoms with Crippen molar-refractivity contribution in [1.29, 1.82) is 0 Å². The average Bonchev–Trinajstić information content (AvgIpc) is 3.46. The zero-order valence-corrected chi connectivity index (χ0v) is 23.5. The maximum absolute atomic E-state index is 14.3. The molecule has 2 N–H and O–H groups in total. The van der Waals surface area contributed by atoms with Gasteiger partial charge in [0.15, 0.2) is 18.0 Å². The Morgan fingerprint density at radius 3 is 2.55 bits per heavy atom. The van der Waals surface area contributed by atoms with Gasteiger partial charge in [0.1, 0.15) is 12.0 Å². The number of aliphatic imine (C=N–C) groups is 1. The molecule has 10 nitrogen and oxygen atoms in total. The van der Waals surface area contributed by atoms with E-state index in [2.05, 4.69) is 15.3 Å². The molecule has 1 amide bonds. The predicted molar refractivity (Wildman–Crippen MR) is 160 cm³/mol. The van der Waals surface area contributed by atoms with Gasteiger partial charge in [0, 0.05) is 24.4 Å². The third kappa shape index (κ3) is 5.02. The maximum atomic E-state index is 14.3. The molecular formula is C32H28F2N7O3+. The van der Waals surface area contributed by atoms with Crippen molar-refractivity contribution in [1.82, 2.24) is 24.6 Å². The van der Waals surface area contributed by atoms with Gasteiger partial charge in [-0.15, -0.1) is 0 Å². The van der Waals surface area contributed by atoms with Crippen molar-refractivity contribution >= 4 is 22.8 Å². The highest BCUT2D eigenvalue weighted by atomic mass is 19.2. The lowest BCUT2D eigenvalue weighted by Crippen LogP contribution is -3.11. The molecule has 222 valence electrons.